The molecule has 0 fully saturated rings. The van der Waals surface area contributed by atoms with E-state index in [0.717, 1.165) is 11.6 Å². The second-order valence-corrected chi connectivity index (χ2v) is 8.01. The van der Waals surface area contributed by atoms with Crippen LogP contribution in [0.4, 0.5) is 24.5 Å². The largest absolute Gasteiger partial charge is 0.407 e. The quantitative estimate of drug-likeness (QED) is 0.341. The van der Waals surface area contributed by atoms with E-state index >= 15 is 0 Å². The minimum atomic E-state index is -4.63. The van der Waals surface area contributed by atoms with Gasteiger partial charge in [0.25, 0.3) is 5.91 Å². The SMILES string of the molecule is Cc1ccc(NC(=O)c2ccc(/C(=C/C(N)C(F)(F)F)Nc3ccccc3Cl)cc2)c(CO)c1. The highest BCUT2D eigenvalue weighted by Crippen LogP contribution is 2.28. The van der Waals surface area contributed by atoms with E-state index in [-0.39, 0.29) is 17.9 Å². The molecule has 5 nitrogen and oxygen atoms in total. The number of hydrogen-bond donors (Lipinski definition) is 4. The number of alkyl halides is 3. The van der Waals surface area contributed by atoms with Crippen molar-refractivity contribution in [2.75, 3.05) is 10.6 Å². The van der Waals surface area contributed by atoms with Gasteiger partial charge in [0, 0.05) is 22.5 Å². The van der Waals surface area contributed by atoms with Crippen molar-refractivity contribution in [3.8, 4) is 0 Å². The van der Waals surface area contributed by atoms with Gasteiger partial charge in [-0.2, -0.15) is 13.2 Å². The number of carbonyl (C=O) groups is 1. The first-order valence-corrected chi connectivity index (χ1v) is 10.6. The van der Waals surface area contributed by atoms with Gasteiger partial charge in [0.1, 0.15) is 6.04 Å². The van der Waals surface area contributed by atoms with Crippen LogP contribution in [0.15, 0.2) is 72.8 Å². The molecule has 0 aromatic heterocycles. The third kappa shape index (κ3) is 6.38. The lowest BCUT2D eigenvalue weighted by Crippen LogP contribution is -2.35. The Bertz CT molecular complexity index is 1190. The fraction of sp³-hybridized carbons (Fsp3) is 0.160. The van der Waals surface area contributed by atoms with E-state index in [1.54, 1.807) is 42.5 Å². The molecule has 3 aromatic carbocycles. The Hall–Kier alpha value is -3.33. The summed E-state index contributed by atoms with van der Waals surface area (Å²) in [5, 5.41) is 15.5. The molecular formula is C25H23ClF3N3O2. The molecule has 0 saturated carbocycles. The summed E-state index contributed by atoms with van der Waals surface area (Å²) in [4.78, 5) is 12.7. The average molecular weight is 490 g/mol. The van der Waals surface area contributed by atoms with Gasteiger partial charge in [-0.25, -0.2) is 0 Å². The monoisotopic (exact) mass is 489 g/mol. The molecule has 0 aliphatic heterocycles. The number of nitrogens with one attached hydrogen (secondary N) is 2. The molecule has 0 saturated heterocycles. The summed E-state index contributed by atoms with van der Waals surface area (Å²) < 4.78 is 39.3. The fourth-order valence-corrected chi connectivity index (χ4v) is 3.35. The lowest BCUT2D eigenvalue weighted by Gasteiger charge is -2.17. The zero-order valence-corrected chi connectivity index (χ0v) is 18.9. The smallest absolute Gasteiger partial charge is 0.392 e. The highest BCUT2D eigenvalue weighted by Gasteiger charge is 2.35. The van der Waals surface area contributed by atoms with Crippen LogP contribution in [-0.4, -0.2) is 23.2 Å². The lowest BCUT2D eigenvalue weighted by molar-refractivity contribution is -0.136. The predicted molar refractivity (Wildman–Crippen MR) is 129 cm³/mol. The maximum absolute atomic E-state index is 13.1. The van der Waals surface area contributed by atoms with E-state index < -0.39 is 18.1 Å². The molecule has 1 unspecified atom stereocenters. The third-order valence-electron chi connectivity index (χ3n) is 5.00. The number of amides is 1. The number of carbonyl (C=O) groups excluding carboxylic acids is 1. The second-order valence-electron chi connectivity index (χ2n) is 7.60. The maximum Gasteiger partial charge on any atom is 0.407 e. The zero-order chi connectivity index (χ0) is 24.9. The van der Waals surface area contributed by atoms with Gasteiger partial charge in [-0.15, -0.1) is 0 Å². The Balaban J connectivity index is 1.88. The van der Waals surface area contributed by atoms with Crippen LogP contribution in [0.3, 0.4) is 0 Å². The molecule has 34 heavy (non-hydrogen) atoms. The minimum Gasteiger partial charge on any atom is -0.392 e. The summed E-state index contributed by atoms with van der Waals surface area (Å²) in [5.41, 5.74) is 8.46. The van der Waals surface area contributed by atoms with Crippen molar-refractivity contribution in [2.24, 2.45) is 5.73 Å². The first-order chi connectivity index (χ1) is 16.1. The van der Waals surface area contributed by atoms with E-state index in [1.807, 2.05) is 6.92 Å². The van der Waals surface area contributed by atoms with Crippen LogP contribution in [0, 0.1) is 6.92 Å². The first-order valence-electron chi connectivity index (χ1n) is 10.3. The van der Waals surface area contributed by atoms with Gasteiger partial charge in [-0.3, -0.25) is 4.79 Å². The van der Waals surface area contributed by atoms with Crippen LogP contribution in [0.25, 0.3) is 5.70 Å². The molecule has 0 heterocycles. The van der Waals surface area contributed by atoms with Crippen LogP contribution in [0.1, 0.15) is 27.0 Å². The van der Waals surface area contributed by atoms with Crippen molar-refractivity contribution in [1.29, 1.82) is 0 Å². The number of rotatable bonds is 7. The topological polar surface area (TPSA) is 87.4 Å². The Morgan fingerprint density at radius 3 is 2.29 bits per heavy atom. The predicted octanol–water partition coefficient (Wildman–Crippen LogP) is 5.74. The van der Waals surface area contributed by atoms with Crippen LogP contribution >= 0.6 is 11.6 Å². The van der Waals surface area contributed by atoms with Crippen LogP contribution in [0.2, 0.25) is 5.02 Å². The molecule has 3 aromatic rings. The number of aliphatic hydroxyl groups excluding tert-OH is 1. The van der Waals surface area contributed by atoms with E-state index in [4.69, 9.17) is 17.3 Å². The molecule has 0 aliphatic carbocycles. The number of aryl methyl sites for hydroxylation is 1. The molecule has 9 heteroatoms. The Labute approximate surface area is 200 Å². The molecule has 1 amide bonds. The van der Waals surface area contributed by atoms with Crippen molar-refractivity contribution >= 4 is 34.6 Å². The molecule has 3 rings (SSSR count). The summed E-state index contributed by atoms with van der Waals surface area (Å²) in [6.07, 6.45) is -3.77. The Kier molecular flexibility index (Phi) is 7.98. The average Bonchev–Trinajstić information content (AvgIpc) is 2.80. The highest BCUT2D eigenvalue weighted by molar-refractivity contribution is 6.33. The third-order valence-corrected chi connectivity index (χ3v) is 5.33. The Morgan fingerprint density at radius 1 is 1.03 bits per heavy atom. The van der Waals surface area contributed by atoms with Crippen molar-refractivity contribution in [3.63, 3.8) is 0 Å². The number of para-hydroxylation sites is 1. The van der Waals surface area contributed by atoms with Crippen LogP contribution < -0.4 is 16.4 Å². The van der Waals surface area contributed by atoms with Gasteiger partial charge in [0.2, 0.25) is 0 Å². The van der Waals surface area contributed by atoms with Crippen LogP contribution in [0.5, 0.6) is 0 Å². The van der Waals surface area contributed by atoms with Crippen molar-refractivity contribution in [1.82, 2.24) is 0 Å². The number of halogens is 4. The standard InChI is InChI=1S/C25H23ClF3N3O2/c1-15-6-11-20(18(12-15)14-33)32-24(34)17-9-7-16(8-10-17)22(13-23(30)25(27,28)29)31-21-5-3-2-4-19(21)26/h2-13,23,31,33H,14,30H2,1H3,(H,32,34)/b22-13-. The molecule has 0 spiro atoms. The van der Waals surface area contributed by atoms with E-state index in [1.165, 1.54) is 24.3 Å². The highest BCUT2D eigenvalue weighted by atomic mass is 35.5. The molecule has 178 valence electrons. The molecular weight excluding hydrogens is 467 g/mol. The number of aliphatic hydroxyl groups is 1. The molecule has 5 N–H and O–H groups in total. The number of hydrogen-bond acceptors (Lipinski definition) is 4. The van der Waals surface area contributed by atoms with Gasteiger partial charge in [-0.05, 0) is 48.9 Å². The number of anilines is 2. The zero-order valence-electron chi connectivity index (χ0n) is 18.2. The van der Waals surface area contributed by atoms with Gasteiger partial charge in [0.05, 0.1) is 17.3 Å². The van der Waals surface area contributed by atoms with Gasteiger partial charge in [0.15, 0.2) is 0 Å². The van der Waals surface area contributed by atoms with Gasteiger partial charge < -0.3 is 21.5 Å². The van der Waals surface area contributed by atoms with Gasteiger partial charge in [-0.1, -0.05) is 53.6 Å². The molecule has 0 bridgehead atoms. The Morgan fingerprint density at radius 2 is 1.68 bits per heavy atom. The summed E-state index contributed by atoms with van der Waals surface area (Å²) in [7, 11) is 0. The van der Waals surface area contributed by atoms with Crippen molar-refractivity contribution in [3.05, 3.63) is 100 Å². The summed E-state index contributed by atoms with van der Waals surface area (Å²) in [6, 6.07) is 15.7. The summed E-state index contributed by atoms with van der Waals surface area (Å²) in [5.74, 6) is -0.429. The lowest BCUT2D eigenvalue weighted by atomic mass is 10.1. The van der Waals surface area contributed by atoms with E-state index in [0.29, 0.717) is 27.5 Å². The normalized spacial score (nSPS) is 12.9. The summed E-state index contributed by atoms with van der Waals surface area (Å²) in [6.45, 7) is 1.63. The fourth-order valence-electron chi connectivity index (χ4n) is 3.16. The number of benzene rings is 3. The van der Waals surface area contributed by atoms with Crippen LogP contribution in [-0.2, 0) is 6.61 Å². The van der Waals surface area contributed by atoms with E-state index in [9.17, 15) is 23.1 Å². The molecule has 0 radical (unpaired) electrons. The van der Waals surface area contributed by atoms with Crippen molar-refractivity contribution in [2.45, 2.75) is 25.7 Å². The molecule has 1 atom stereocenters. The minimum absolute atomic E-state index is 0.0889. The second kappa shape index (κ2) is 10.7. The van der Waals surface area contributed by atoms with Gasteiger partial charge >= 0.3 is 6.18 Å². The maximum atomic E-state index is 13.1. The first kappa shape index (κ1) is 25.3. The van der Waals surface area contributed by atoms with Crippen molar-refractivity contribution < 1.29 is 23.1 Å². The summed E-state index contributed by atoms with van der Waals surface area (Å²) >= 11 is 6.15. The van der Waals surface area contributed by atoms with E-state index in [2.05, 4.69) is 10.6 Å². The molecule has 0 aliphatic rings. The number of nitrogens with two attached hydrogens (primary N) is 1.